The number of piperidine rings is 1. The van der Waals surface area contributed by atoms with E-state index in [9.17, 15) is 9.90 Å². The lowest BCUT2D eigenvalue weighted by molar-refractivity contribution is 0.0453. The number of aromatic nitrogens is 3. The lowest BCUT2D eigenvalue weighted by Gasteiger charge is -2.38. The molecule has 5 rings (SSSR count). The summed E-state index contributed by atoms with van der Waals surface area (Å²) in [6.45, 7) is 1.03. The third-order valence-electron chi connectivity index (χ3n) is 6.51. The molecule has 3 aromatic rings. The highest BCUT2D eigenvalue weighted by molar-refractivity contribution is 5.97. The van der Waals surface area contributed by atoms with E-state index in [1.807, 2.05) is 40.1 Å². The number of aliphatic hydroxyl groups is 1. The number of imidazole rings is 1. The summed E-state index contributed by atoms with van der Waals surface area (Å²) >= 11 is 0. The van der Waals surface area contributed by atoms with Crippen LogP contribution in [0.15, 0.2) is 48.9 Å². The Bertz CT molecular complexity index is 1000. The van der Waals surface area contributed by atoms with Crippen molar-refractivity contribution in [3.63, 3.8) is 0 Å². The first-order valence-electron chi connectivity index (χ1n) is 10.5. The molecule has 29 heavy (non-hydrogen) atoms. The van der Waals surface area contributed by atoms with Gasteiger partial charge in [0.15, 0.2) is 5.65 Å². The van der Waals surface area contributed by atoms with Crippen LogP contribution in [0.2, 0.25) is 0 Å². The van der Waals surface area contributed by atoms with Gasteiger partial charge in [0.1, 0.15) is 5.52 Å². The van der Waals surface area contributed by atoms with Gasteiger partial charge in [-0.15, -0.1) is 0 Å². The smallest absolute Gasteiger partial charge is 0.255 e. The first-order chi connectivity index (χ1) is 14.2. The number of fused-ring (bicyclic) bond motifs is 3. The van der Waals surface area contributed by atoms with Crippen molar-refractivity contribution >= 4 is 17.1 Å². The lowest BCUT2D eigenvalue weighted by Crippen LogP contribution is -2.47. The summed E-state index contributed by atoms with van der Waals surface area (Å²) in [5.74, 6) is 0.389. The van der Waals surface area contributed by atoms with Crippen LogP contribution in [-0.4, -0.2) is 49.1 Å². The zero-order chi connectivity index (χ0) is 19.8. The highest BCUT2D eigenvalue weighted by Gasteiger charge is 2.43. The topological polar surface area (TPSA) is 71.2 Å². The number of benzene rings is 1. The van der Waals surface area contributed by atoms with Gasteiger partial charge in [0.05, 0.1) is 11.9 Å². The Hall–Kier alpha value is -2.73. The minimum Gasteiger partial charge on any atom is -0.396 e. The summed E-state index contributed by atoms with van der Waals surface area (Å²) in [4.78, 5) is 24.3. The Labute approximate surface area is 170 Å². The van der Waals surface area contributed by atoms with E-state index in [2.05, 4.69) is 22.1 Å². The van der Waals surface area contributed by atoms with Gasteiger partial charge in [-0.2, -0.15) is 0 Å². The van der Waals surface area contributed by atoms with Gasteiger partial charge in [-0.3, -0.25) is 4.79 Å². The number of hydrogen-bond donors (Lipinski definition) is 1. The Morgan fingerprint density at radius 2 is 1.86 bits per heavy atom. The molecule has 1 aromatic carbocycles. The fourth-order valence-electron chi connectivity index (χ4n) is 5.04. The standard InChI is InChI=1S/C23H26N4O2/c28-14-17-10-19-6-7-20(11-17)27(19)23(29)18-12-21-22(24-13-18)26(15-25-21)9-8-16-4-2-1-3-5-16/h1-5,12-13,15,17,19-20,28H,6-11,14H2/t17?,19-,20+. The summed E-state index contributed by atoms with van der Waals surface area (Å²) in [5, 5.41) is 9.51. The van der Waals surface area contributed by atoms with E-state index in [4.69, 9.17) is 0 Å². The predicted octanol–water partition coefficient (Wildman–Crippen LogP) is 3.05. The summed E-state index contributed by atoms with van der Waals surface area (Å²) in [5.41, 5.74) is 3.48. The molecule has 150 valence electrons. The maximum Gasteiger partial charge on any atom is 0.255 e. The van der Waals surface area contributed by atoms with Crippen molar-refractivity contribution in [3.05, 3.63) is 60.0 Å². The summed E-state index contributed by atoms with van der Waals surface area (Å²) < 4.78 is 2.05. The molecular formula is C23H26N4O2. The molecule has 1 unspecified atom stereocenters. The van der Waals surface area contributed by atoms with Crippen LogP contribution in [0.4, 0.5) is 0 Å². The summed E-state index contributed by atoms with van der Waals surface area (Å²) in [6.07, 6.45) is 8.31. The van der Waals surface area contributed by atoms with Crippen molar-refractivity contribution in [2.24, 2.45) is 5.92 Å². The van der Waals surface area contributed by atoms with Crippen LogP contribution in [0.1, 0.15) is 41.6 Å². The second kappa shape index (κ2) is 7.59. The van der Waals surface area contributed by atoms with Crippen molar-refractivity contribution in [3.8, 4) is 0 Å². The van der Waals surface area contributed by atoms with Gasteiger partial charge in [0.25, 0.3) is 5.91 Å². The molecule has 6 nitrogen and oxygen atoms in total. The van der Waals surface area contributed by atoms with Crippen molar-refractivity contribution in [1.82, 2.24) is 19.4 Å². The number of nitrogens with zero attached hydrogens (tertiary/aromatic N) is 4. The number of aryl methyl sites for hydroxylation is 2. The van der Waals surface area contributed by atoms with Gasteiger partial charge in [0.2, 0.25) is 0 Å². The van der Waals surface area contributed by atoms with Gasteiger partial charge < -0.3 is 14.6 Å². The maximum atomic E-state index is 13.2. The second-order valence-electron chi connectivity index (χ2n) is 8.36. The minimum absolute atomic E-state index is 0.0575. The number of carbonyl (C=O) groups is 1. The molecule has 2 aromatic heterocycles. The van der Waals surface area contributed by atoms with Crippen molar-refractivity contribution in [2.45, 2.75) is 50.7 Å². The molecule has 2 bridgehead atoms. The lowest BCUT2D eigenvalue weighted by atomic mass is 9.91. The van der Waals surface area contributed by atoms with Crippen LogP contribution in [0.25, 0.3) is 11.2 Å². The number of aliphatic hydroxyl groups excluding tert-OH is 1. The van der Waals surface area contributed by atoms with Gasteiger partial charge in [-0.05, 0) is 49.7 Å². The van der Waals surface area contributed by atoms with Crippen LogP contribution in [0.3, 0.4) is 0 Å². The SMILES string of the molecule is O=C(c1cnc2c(c1)ncn2CCc1ccccc1)N1[C@@H]2CC[C@H]1CC(CO)C2. The van der Waals surface area contributed by atoms with Crippen LogP contribution >= 0.6 is 0 Å². The third-order valence-corrected chi connectivity index (χ3v) is 6.51. The second-order valence-corrected chi connectivity index (χ2v) is 8.36. The molecular weight excluding hydrogens is 364 g/mol. The van der Waals surface area contributed by atoms with Crippen molar-refractivity contribution < 1.29 is 9.90 Å². The third kappa shape index (κ3) is 3.42. The number of hydrogen-bond acceptors (Lipinski definition) is 4. The molecule has 0 spiro atoms. The zero-order valence-electron chi connectivity index (χ0n) is 16.4. The number of rotatable bonds is 5. The van der Waals surface area contributed by atoms with Crippen LogP contribution in [-0.2, 0) is 13.0 Å². The average Bonchev–Trinajstić information content (AvgIpc) is 3.29. The molecule has 0 saturated carbocycles. The first kappa shape index (κ1) is 18.3. The predicted molar refractivity (Wildman–Crippen MR) is 110 cm³/mol. The van der Waals surface area contributed by atoms with Gasteiger partial charge in [0, 0.05) is 31.4 Å². The van der Waals surface area contributed by atoms with Gasteiger partial charge in [-0.1, -0.05) is 30.3 Å². The molecule has 0 radical (unpaired) electrons. The number of carbonyl (C=O) groups excluding carboxylic acids is 1. The molecule has 4 heterocycles. The van der Waals surface area contributed by atoms with E-state index < -0.39 is 0 Å². The largest absolute Gasteiger partial charge is 0.396 e. The van der Waals surface area contributed by atoms with E-state index in [1.165, 1.54) is 5.56 Å². The maximum absolute atomic E-state index is 13.2. The Morgan fingerprint density at radius 1 is 1.10 bits per heavy atom. The van der Waals surface area contributed by atoms with Crippen LogP contribution in [0.5, 0.6) is 0 Å². The fourth-order valence-corrected chi connectivity index (χ4v) is 5.04. The molecule has 2 saturated heterocycles. The Kier molecular flexibility index (Phi) is 4.79. The molecule has 0 aliphatic carbocycles. The molecule has 6 heteroatoms. The average molecular weight is 390 g/mol. The molecule has 2 fully saturated rings. The highest BCUT2D eigenvalue weighted by atomic mass is 16.3. The first-order valence-corrected chi connectivity index (χ1v) is 10.5. The Balaban J connectivity index is 1.34. The van der Waals surface area contributed by atoms with E-state index in [1.54, 1.807) is 6.20 Å². The number of pyridine rings is 1. The minimum atomic E-state index is 0.0575. The summed E-state index contributed by atoms with van der Waals surface area (Å²) in [6, 6.07) is 12.7. The molecule has 2 aliphatic rings. The molecule has 3 atom stereocenters. The number of amides is 1. The normalized spacial score (nSPS) is 23.6. The van der Waals surface area contributed by atoms with E-state index >= 15 is 0 Å². The van der Waals surface area contributed by atoms with Crippen LogP contribution in [0, 0.1) is 5.92 Å². The van der Waals surface area contributed by atoms with Crippen molar-refractivity contribution in [2.75, 3.05) is 6.61 Å². The Morgan fingerprint density at radius 3 is 2.59 bits per heavy atom. The van der Waals surface area contributed by atoms with Crippen LogP contribution < -0.4 is 0 Å². The van der Waals surface area contributed by atoms with Gasteiger partial charge >= 0.3 is 0 Å². The summed E-state index contributed by atoms with van der Waals surface area (Å²) in [7, 11) is 0. The molecule has 1 amide bonds. The van der Waals surface area contributed by atoms with Crippen molar-refractivity contribution in [1.29, 1.82) is 0 Å². The fraction of sp³-hybridized carbons (Fsp3) is 0.435. The quantitative estimate of drug-likeness (QED) is 0.727. The van der Waals surface area contributed by atoms with E-state index in [0.717, 1.165) is 49.8 Å². The van der Waals surface area contributed by atoms with Gasteiger partial charge in [-0.25, -0.2) is 9.97 Å². The van der Waals surface area contributed by atoms with E-state index in [0.29, 0.717) is 11.5 Å². The molecule has 2 aliphatic heterocycles. The monoisotopic (exact) mass is 390 g/mol. The molecule has 1 N–H and O–H groups in total. The zero-order valence-corrected chi connectivity index (χ0v) is 16.4. The van der Waals surface area contributed by atoms with E-state index in [-0.39, 0.29) is 24.6 Å². The highest BCUT2D eigenvalue weighted by Crippen LogP contribution is 2.39.